The maximum absolute atomic E-state index is 5.67. The Morgan fingerprint density at radius 3 is 2.74 bits per heavy atom. The van der Waals surface area contributed by atoms with E-state index < -0.39 is 0 Å². The lowest BCUT2D eigenvalue weighted by Crippen LogP contribution is -2.46. The third kappa shape index (κ3) is 4.05. The molecule has 1 saturated heterocycles. The standard InChI is InChI=1S/C26H29N7O/c1-2-31-11-13-32(14-12-31)22-7-5-21(6-8-22)29-24-25-27-9-10-33(25)18-23(30-24)20-16-19-4-3-15-34-26(19)28-17-20/h5-10,16-18H,2-4,11-15H2,1H3,(H,29,30). The summed E-state index contributed by atoms with van der Waals surface area (Å²) in [7, 11) is 0. The number of imidazole rings is 1. The molecular formula is C26H29N7O. The zero-order valence-corrected chi connectivity index (χ0v) is 19.4. The molecule has 3 aromatic heterocycles. The maximum Gasteiger partial charge on any atom is 0.216 e. The van der Waals surface area contributed by atoms with Gasteiger partial charge in [-0.15, -0.1) is 0 Å². The Morgan fingerprint density at radius 2 is 1.91 bits per heavy atom. The van der Waals surface area contributed by atoms with Crippen molar-refractivity contribution in [2.75, 3.05) is 49.5 Å². The zero-order chi connectivity index (χ0) is 22.9. The summed E-state index contributed by atoms with van der Waals surface area (Å²) in [6.07, 6.45) is 9.58. The summed E-state index contributed by atoms with van der Waals surface area (Å²) in [6, 6.07) is 10.7. The van der Waals surface area contributed by atoms with E-state index in [1.54, 1.807) is 6.20 Å². The minimum Gasteiger partial charge on any atom is -0.477 e. The number of hydrogen-bond acceptors (Lipinski definition) is 7. The Labute approximate surface area is 199 Å². The number of nitrogens with zero attached hydrogens (tertiary/aromatic N) is 6. The molecule has 8 nitrogen and oxygen atoms in total. The lowest BCUT2D eigenvalue weighted by molar-refractivity contribution is 0.271. The highest BCUT2D eigenvalue weighted by Gasteiger charge is 2.17. The van der Waals surface area contributed by atoms with Crippen LogP contribution < -0.4 is 15.0 Å². The molecule has 1 fully saturated rings. The van der Waals surface area contributed by atoms with Crippen LogP contribution >= 0.6 is 0 Å². The smallest absolute Gasteiger partial charge is 0.216 e. The van der Waals surface area contributed by atoms with Crippen molar-refractivity contribution in [3.8, 4) is 17.1 Å². The van der Waals surface area contributed by atoms with Crippen LogP contribution in [0.5, 0.6) is 5.88 Å². The third-order valence-corrected chi connectivity index (χ3v) is 6.74. The Morgan fingerprint density at radius 1 is 1.06 bits per heavy atom. The number of benzene rings is 1. The van der Waals surface area contributed by atoms with Crippen LogP contribution in [0.4, 0.5) is 17.2 Å². The van der Waals surface area contributed by atoms with E-state index in [0.29, 0.717) is 0 Å². The lowest BCUT2D eigenvalue weighted by atomic mass is 10.1. The fraction of sp³-hybridized carbons (Fsp3) is 0.346. The summed E-state index contributed by atoms with van der Waals surface area (Å²) in [5.74, 6) is 1.47. The van der Waals surface area contributed by atoms with Gasteiger partial charge in [-0.3, -0.25) is 0 Å². The normalized spacial score (nSPS) is 16.3. The van der Waals surface area contributed by atoms with E-state index in [1.807, 2.05) is 23.0 Å². The highest BCUT2D eigenvalue weighted by atomic mass is 16.5. The average Bonchev–Trinajstić information content (AvgIpc) is 3.38. The SMILES string of the molecule is CCN1CCN(c2ccc(Nc3nc(-c4cnc5c(c4)CCCO5)cn4ccnc34)cc2)CC1. The molecule has 0 aliphatic carbocycles. The monoisotopic (exact) mass is 455 g/mol. The van der Waals surface area contributed by atoms with Crippen LogP contribution in [-0.4, -0.2) is 63.6 Å². The van der Waals surface area contributed by atoms with E-state index in [1.165, 1.54) is 5.69 Å². The van der Waals surface area contributed by atoms with Gasteiger partial charge in [0.25, 0.3) is 0 Å². The first kappa shape index (κ1) is 20.9. The quantitative estimate of drug-likeness (QED) is 0.488. The van der Waals surface area contributed by atoms with Gasteiger partial charge in [0, 0.05) is 73.5 Å². The van der Waals surface area contributed by atoms with Crippen molar-refractivity contribution >= 4 is 22.8 Å². The van der Waals surface area contributed by atoms with Crippen LogP contribution in [0, 0.1) is 0 Å². The van der Waals surface area contributed by atoms with E-state index >= 15 is 0 Å². The maximum atomic E-state index is 5.67. The summed E-state index contributed by atoms with van der Waals surface area (Å²) in [5, 5.41) is 3.49. The van der Waals surface area contributed by atoms with Gasteiger partial charge in [-0.05, 0) is 49.7 Å². The van der Waals surface area contributed by atoms with Gasteiger partial charge in [0.1, 0.15) is 0 Å². The van der Waals surface area contributed by atoms with Crippen LogP contribution in [0.25, 0.3) is 16.9 Å². The van der Waals surface area contributed by atoms with Crippen molar-refractivity contribution in [1.82, 2.24) is 24.3 Å². The van der Waals surface area contributed by atoms with Crippen LogP contribution in [0.15, 0.2) is 55.1 Å². The first-order valence-electron chi connectivity index (χ1n) is 12.1. The summed E-state index contributed by atoms with van der Waals surface area (Å²) >= 11 is 0. The van der Waals surface area contributed by atoms with Crippen molar-refractivity contribution in [2.24, 2.45) is 0 Å². The fourth-order valence-electron chi connectivity index (χ4n) is 4.75. The Hall–Kier alpha value is -3.65. The lowest BCUT2D eigenvalue weighted by Gasteiger charge is -2.35. The molecule has 174 valence electrons. The summed E-state index contributed by atoms with van der Waals surface area (Å²) in [5.41, 5.74) is 6.00. The molecule has 0 atom stereocenters. The zero-order valence-electron chi connectivity index (χ0n) is 19.4. The highest BCUT2D eigenvalue weighted by Crippen LogP contribution is 2.29. The molecule has 0 bridgehead atoms. The second-order valence-electron chi connectivity index (χ2n) is 8.87. The minimum atomic E-state index is 0.723. The van der Waals surface area contributed by atoms with E-state index in [9.17, 15) is 0 Å². The number of ether oxygens (including phenoxy) is 1. The molecule has 1 aromatic carbocycles. The van der Waals surface area contributed by atoms with Crippen molar-refractivity contribution in [1.29, 1.82) is 0 Å². The fourth-order valence-corrected chi connectivity index (χ4v) is 4.75. The Bertz CT molecular complexity index is 1290. The summed E-state index contributed by atoms with van der Waals surface area (Å²) in [4.78, 5) is 18.9. The van der Waals surface area contributed by atoms with Gasteiger partial charge in [-0.25, -0.2) is 15.0 Å². The molecule has 0 spiro atoms. The topological polar surface area (TPSA) is 70.8 Å². The molecule has 0 saturated carbocycles. The number of anilines is 3. The third-order valence-electron chi connectivity index (χ3n) is 6.74. The first-order valence-corrected chi connectivity index (χ1v) is 12.1. The molecule has 2 aliphatic rings. The molecule has 4 aromatic rings. The number of aromatic nitrogens is 4. The van der Waals surface area contributed by atoms with Crippen molar-refractivity contribution in [3.05, 3.63) is 60.7 Å². The van der Waals surface area contributed by atoms with E-state index in [2.05, 4.69) is 62.3 Å². The number of pyridine rings is 1. The van der Waals surface area contributed by atoms with Crippen LogP contribution in [0.2, 0.25) is 0 Å². The van der Waals surface area contributed by atoms with Gasteiger partial charge < -0.3 is 24.3 Å². The molecule has 8 heteroatoms. The van der Waals surface area contributed by atoms with Gasteiger partial charge in [0.05, 0.1) is 12.3 Å². The molecule has 34 heavy (non-hydrogen) atoms. The second-order valence-corrected chi connectivity index (χ2v) is 8.87. The highest BCUT2D eigenvalue weighted by molar-refractivity contribution is 5.74. The minimum absolute atomic E-state index is 0.723. The molecule has 0 amide bonds. The van der Waals surface area contributed by atoms with Crippen LogP contribution in [0.1, 0.15) is 18.9 Å². The predicted molar refractivity (Wildman–Crippen MR) is 134 cm³/mol. The number of piperazine rings is 1. The van der Waals surface area contributed by atoms with E-state index in [4.69, 9.17) is 9.72 Å². The summed E-state index contributed by atoms with van der Waals surface area (Å²) < 4.78 is 7.68. The van der Waals surface area contributed by atoms with Gasteiger partial charge >= 0.3 is 0 Å². The van der Waals surface area contributed by atoms with Crippen LogP contribution in [0.3, 0.4) is 0 Å². The molecular weight excluding hydrogens is 426 g/mol. The Kier molecular flexibility index (Phi) is 5.50. The molecule has 5 heterocycles. The second kappa shape index (κ2) is 8.95. The summed E-state index contributed by atoms with van der Waals surface area (Å²) in [6.45, 7) is 8.47. The molecule has 0 radical (unpaired) electrons. The number of likely N-dealkylation sites (N-methyl/N-ethyl adjacent to an activating group) is 1. The molecule has 1 N–H and O–H groups in total. The predicted octanol–water partition coefficient (Wildman–Crippen LogP) is 4.00. The number of fused-ring (bicyclic) bond motifs is 2. The van der Waals surface area contributed by atoms with Gasteiger partial charge in [-0.1, -0.05) is 6.92 Å². The van der Waals surface area contributed by atoms with Gasteiger partial charge in [0.2, 0.25) is 5.88 Å². The van der Waals surface area contributed by atoms with Gasteiger partial charge in [-0.2, -0.15) is 0 Å². The Balaban J connectivity index is 1.26. The van der Waals surface area contributed by atoms with Gasteiger partial charge in [0.15, 0.2) is 11.5 Å². The van der Waals surface area contributed by atoms with Crippen molar-refractivity contribution in [3.63, 3.8) is 0 Å². The number of nitrogens with one attached hydrogen (secondary N) is 1. The first-order chi connectivity index (χ1) is 16.8. The molecule has 2 aliphatic heterocycles. The number of rotatable bonds is 5. The molecule has 6 rings (SSSR count). The van der Waals surface area contributed by atoms with E-state index in [-0.39, 0.29) is 0 Å². The average molecular weight is 456 g/mol. The number of hydrogen-bond donors (Lipinski definition) is 1. The van der Waals surface area contributed by atoms with Crippen molar-refractivity contribution in [2.45, 2.75) is 19.8 Å². The number of aryl methyl sites for hydroxylation is 1. The molecule has 0 unspecified atom stereocenters. The van der Waals surface area contributed by atoms with E-state index in [0.717, 1.165) is 92.0 Å². The largest absolute Gasteiger partial charge is 0.477 e. The van der Waals surface area contributed by atoms with Crippen molar-refractivity contribution < 1.29 is 4.74 Å². The van der Waals surface area contributed by atoms with Crippen LogP contribution in [-0.2, 0) is 6.42 Å².